The lowest BCUT2D eigenvalue weighted by Crippen LogP contribution is -2.29. The van der Waals surface area contributed by atoms with Gasteiger partial charge < -0.3 is 15.0 Å². The predicted octanol–water partition coefficient (Wildman–Crippen LogP) is 1.66. The van der Waals surface area contributed by atoms with E-state index in [4.69, 9.17) is 4.74 Å². The van der Waals surface area contributed by atoms with Crippen LogP contribution in [0.3, 0.4) is 0 Å². The summed E-state index contributed by atoms with van der Waals surface area (Å²) in [6.45, 7) is 3.75. The highest BCUT2D eigenvalue weighted by molar-refractivity contribution is 5.45. The Labute approximate surface area is 109 Å². The summed E-state index contributed by atoms with van der Waals surface area (Å²) < 4.78 is 5.40. The van der Waals surface area contributed by atoms with Crippen LogP contribution < -0.4 is 10.2 Å². The van der Waals surface area contributed by atoms with Crippen LogP contribution in [0.25, 0.3) is 0 Å². The molecule has 1 aliphatic rings. The minimum Gasteiger partial charge on any atom is -0.381 e. The van der Waals surface area contributed by atoms with Gasteiger partial charge in [-0.05, 0) is 37.9 Å². The maximum atomic E-state index is 5.40. The molecule has 0 spiro atoms. The Morgan fingerprint density at radius 2 is 2.22 bits per heavy atom. The van der Waals surface area contributed by atoms with E-state index in [1.54, 1.807) is 0 Å². The molecule has 1 N–H and O–H groups in total. The van der Waals surface area contributed by atoms with Crippen LogP contribution in [0, 0.1) is 5.92 Å². The molecule has 0 amide bonds. The number of nitrogens with one attached hydrogen (secondary N) is 1. The van der Waals surface area contributed by atoms with Gasteiger partial charge in [0.25, 0.3) is 0 Å². The summed E-state index contributed by atoms with van der Waals surface area (Å²) >= 11 is 0. The molecule has 0 saturated carbocycles. The fourth-order valence-electron chi connectivity index (χ4n) is 2.40. The molecular weight excluding hydrogens is 226 g/mol. The van der Waals surface area contributed by atoms with E-state index < -0.39 is 0 Å². The Morgan fingerprint density at radius 3 is 2.94 bits per heavy atom. The Hall–Kier alpha value is -1.13. The minimum atomic E-state index is 0.754. The first-order valence-electron chi connectivity index (χ1n) is 6.68. The van der Waals surface area contributed by atoms with E-state index in [9.17, 15) is 0 Å². The first-order valence-corrected chi connectivity index (χ1v) is 6.68. The molecule has 1 fully saturated rings. The van der Waals surface area contributed by atoms with E-state index in [-0.39, 0.29) is 0 Å². The molecule has 0 bridgehead atoms. The molecule has 1 aliphatic heterocycles. The van der Waals surface area contributed by atoms with Crippen molar-refractivity contribution in [2.75, 3.05) is 38.8 Å². The summed E-state index contributed by atoms with van der Waals surface area (Å²) in [6.07, 6.45) is 4.25. The van der Waals surface area contributed by atoms with Crippen molar-refractivity contribution in [2.24, 2.45) is 5.92 Å². The monoisotopic (exact) mass is 249 g/mol. The van der Waals surface area contributed by atoms with Crippen molar-refractivity contribution in [1.29, 1.82) is 0 Å². The summed E-state index contributed by atoms with van der Waals surface area (Å²) in [5.74, 6) is 0.754. The van der Waals surface area contributed by atoms with E-state index in [1.807, 2.05) is 13.2 Å². The number of nitrogens with zero attached hydrogens (tertiary/aromatic N) is 2. The van der Waals surface area contributed by atoms with Crippen LogP contribution in [-0.4, -0.2) is 38.8 Å². The van der Waals surface area contributed by atoms with Crippen molar-refractivity contribution in [3.05, 3.63) is 24.0 Å². The molecule has 100 valence electrons. The molecule has 0 unspecified atom stereocenters. The van der Waals surface area contributed by atoms with Crippen LogP contribution in [-0.2, 0) is 11.3 Å². The Bertz CT molecular complexity index is 364. The number of rotatable bonds is 5. The second-order valence-electron chi connectivity index (χ2n) is 4.97. The van der Waals surface area contributed by atoms with Gasteiger partial charge in [-0.2, -0.15) is 0 Å². The van der Waals surface area contributed by atoms with Crippen LogP contribution in [0.5, 0.6) is 0 Å². The molecule has 0 aliphatic carbocycles. The molecule has 1 aromatic heterocycles. The van der Waals surface area contributed by atoms with Crippen molar-refractivity contribution in [1.82, 2.24) is 10.3 Å². The summed E-state index contributed by atoms with van der Waals surface area (Å²) in [7, 11) is 4.11. The van der Waals surface area contributed by atoms with Gasteiger partial charge in [0.15, 0.2) is 0 Å². The van der Waals surface area contributed by atoms with Gasteiger partial charge in [0.1, 0.15) is 0 Å². The van der Waals surface area contributed by atoms with Gasteiger partial charge in [0.05, 0.1) is 5.69 Å². The average molecular weight is 249 g/mol. The number of ether oxygens (including phenoxy) is 1. The molecular formula is C14H23N3O. The molecule has 1 aromatic rings. The third kappa shape index (κ3) is 3.68. The lowest BCUT2D eigenvalue weighted by atomic mass is 10.00. The number of hydrogen-bond acceptors (Lipinski definition) is 4. The van der Waals surface area contributed by atoms with Crippen LogP contribution in [0.15, 0.2) is 18.3 Å². The van der Waals surface area contributed by atoms with Crippen molar-refractivity contribution in [3.63, 3.8) is 0 Å². The summed E-state index contributed by atoms with van der Waals surface area (Å²) in [6, 6.07) is 4.24. The van der Waals surface area contributed by atoms with Gasteiger partial charge in [-0.3, -0.25) is 4.98 Å². The minimum absolute atomic E-state index is 0.754. The quantitative estimate of drug-likeness (QED) is 0.861. The molecule has 4 nitrogen and oxygen atoms in total. The zero-order chi connectivity index (χ0) is 12.8. The third-order valence-corrected chi connectivity index (χ3v) is 3.47. The van der Waals surface area contributed by atoms with Crippen LogP contribution in [0.2, 0.25) is 0 Å². The maximum absolute atomic E-state index is 5.40. The zero-order valence-corrected chi connectivity index (χ0v) is 11.4. The molecule has 2 heterocycles. The van der Waals surface area contributed by atoms with Gasteiger partial charge in [-0.25, -0.2) is 0 Å². The lowest BCUT2D eigenvalue weighted by molar-refractivity contribution is 0.0685. The van der Waals surface area contributed by atoms with Crippen molar-refractivity contribution >= 4 is 5.69 Å². The van der Waals surface area contributed by atoms with Crippen LogP contribution >= 0.6 is 0 Å². The highest BCUT2D eigenvalue weighted by atomic mass is 16.5. The van der Waals surface area contributed by atoms with Crippen LogP contribution in [0.4, 0.5) is 5.69 Å². The molecule has 0 aromatic carbocycles. The normalized spacial score (nSPS) is 16.8. The maximum Gasteiger partial charge on any atom is 0.0562 e. The predicted molar refractivity (Wildman–Crippen MR) is 73.8 cm³/mol. The Morgan fingerprint density at radius 1 is 1.44 bits per heavy atom. The van der Waals surface area contributed by atoms with E-state index in [1.165, 1.54) is 18.5 Å². The highest BCUT2D eigenvalue weighted by Crippen LogP contribution is 2.20. The lowest BCUT2D eigenvalue weighted by Gasteiger charge is -2.28. The molecule has 2 rings (SSSR count). The van der Waals surface area contributed by atoms with E-state index >= 15 is 0 Å². The summed E-state index contributed by atoms with van der Waals surface area (Å²) in [5.41, 5.74) is 2.34. The highest BCUT2D eigenvalue weighted by Gasteiger charge is 2.16. The number of pyridine rings is 1. The number of hydrogen-bond donors (Lipinski definition) is 1. The van der Waals surface area contributed by atoms with E-state index in [2.05, 4.69) is 34.4 Å². The van der Waals surface area contributed by atoms with Crippen molar-refractivity contribution in [2.45, 2.75) is 19.4 Å². The molecule has 1 saturated heterocycles. The van der Waals surface area contributed by atoms with E-state index in [0.717, 1.165) is 37.9 Å². The van der Waals surface area contributed by atoms with Gasteiger partial charge in [-0.1, -0.05) is 0 Å². The topological polar surface area (TPSA) is 37.4 Å². The van der Waals surface area contributed by atoms with Crippen molar-refractivity contribution in [3.8, 4) is 0 Å². The second-order valence-corrected chi connectivity index (χ2v) is 4.97. The fraction of sp³-hybridized carbons (Fsp3) is 0.643. The van der Waals surface area contributed by atoms with E-state index in [0.29, 0.717) is 0 Å². The average Bonchev–Trinajstić information content (AvgIpc) is 2.40. The molecule has 0 atom stereocenters. The fourth-order valence-corrected chi connectivity index (χ4v) is 2.40. The zero-order valence-electron chi connectivity index (χ0n) is 11.4. The third-order valence-electron chi connectivity index (χ3n) is 3.47. The SMILES string of the molecule is CNCc1cc(N(C)CC2CCOCC2)ccn1. The first kappa shape index (κ1) is 13.3. The smallest absolute Gasteiger partial charge is 0.0562 e. The van der Waals surface area contributed by atoms with Gasteiger partial charge >= 0.3 is 0 Å². The standard InChI is InChI=1S/C14H23N3O/c1-15-10-13-9-14(3-6-16-13)17(2)11-12-4-7-18-8-5-12/h3,6,9,12,15H,4-5,7-8,10-11H2,1-2H3. The van der Waals surface area contributed by atoms with Gasteiger partial charge in [0.2, 0.25) is 0 Å². The number of anilines is 1. The summed E-state index contributed by atoms with van der Waals surface area (Å²) in [5, 5.41) is 3.13. The Balaban J connectivity index is 1.94. The summed E-state index contributed by atoms with van der Waals surface area (Å²) in [4.78, 5) is 6.68. The molecule has 4 heteroatoms. The largest absolute Gasteiger partial charge is 0.381 e. The van der Waals surface area contributed by atoms with Crippen molar-refractivity contribution < 1.29 is 4.74 Å². The molecule has 0 radical (unpaired) electrons. The first-order chi connectivity index (χ1) is 8.79. The van der Waals surface area contributed by atoms with Crippen LogP contribution in [0.1, 0.15) is 18.5 Å². The van der Waals surface area contributed by atoms with Gasteiger partial charge in [0, 0.05) is 45.2 Å². The molecule has 18 heavy (non-hydrogen) atoms. The number of aromatic nitrogens is 1. The van der Waals surface area contributed by atoms with Gasteiger partial charge in [-0.15, -0.1) is 0 Å². The Kier molecular flexibility index (Phi) is 4.96. The second kappa shape index (κ2) is 6.71.